The lowest BCUT2D eigenvalue weighted by molar-refractivity contribution is 0.582. The molecule has 2 N–H and O–H groups in total. The first kappa shape index (κ1) is 12.3. The van der Waals surface area contributed by atoms with Gasteiger partial charge in [0, 0.05) is 26.3 Å². The van der Waals surface area contributed by atoms with Gasteiger partial charge in [0.2, 0.25) is 10.0 Å². The summed E-state index contributed by atoms with van der Waals surface area (Å²) < 4.78 is 27.8. The molecular formula is C10H16N4O2S. The molecule has 0 aliphatic carbocycles. The highest BCUT2D eigenvalue weighted by molar-refractivity contribution is 7.89. The van der Waals surface area contributed by atoms with E-state index in [0.717, 1.165) is 25.1 Å². The van der Waals surface area contributed by atoms with Crippen LogP contribution in [0, 0.1) is 0 Å². The van der Waals surface area contributed by atoms with Gasteiger partial charge in [-0.3, -0.25) is 4.68 Å². The average molecular weight is 256 g/mol. The van der Waals surface area contributed by atoms with E-state index in [1.54, 1.807) is 7.05 Å². The van der Waals surface area contributed by atoms with E-state index in [9.17, 15) is 8.42 Å². The summed E-state index contributed by atoms with van der Waals surface area (Å²) in [5.41, 5.74) is 1.12. The van der Waals surface area contributed by atoms with Gasteiger partial charge in [0.25, 0.3) is 0 Å². The Labute approximate surface area is 101 Å². The minimum atomic E-state index is -3.43. The van der Waals surface area contributed by atoms with Crippen molar-refractivity contribution in [3.05, 3.63) is 24.0 Å². The predicted molar refractivity (Wildman–Crippen MR) is 64.0 cm³/mol. The lowest BCUT2D eigenvalue weighted by atomic mass is 10.1. The molecule has 94 valence electrons. The molecule has 17 heavy (non-hydrogen) atoms. The minimum Gasteiger partial charge on any atom is -0.313 e. The van der Waals surface area contributed by atoms with Gasteiger partial charge in [-0.2, -0.15) is 5.10 Å². The van der Waals surface area contributed by atoms with Gasteiger partial charge in [0.05, 0.1) is 6.20 Å². The summed E-state index contributed by atoms with van der Waals surface area (Å²) in [5, 5.41) is 7.03. The van der Waals surface area contributed by atoms with Crippen molar-refractivity contribution in [1.29, 1.82) is 0 Å². The van der Waals surface area contributed by atoms with Crippen LogP contribution in [0.1, 0.15) is 6.42 Å². The van der Waals surface area contributed by atoms with Gasteiger partial charge >= 0.3 is 0 Å². The van der Waals surface area contributed by atoms with Gasteiger partial charge in [-0.05, 0) is 13.0 Å². The van der Waals surface area contributed by atoms with E-state index in [1.165, 1.54) is 17.1 Å². The predicted octanol–water partition coefficient (Wildman–Crippen LogP) is -0.382. The fourth-order valence-electron chi connectivity index (χ4n) is 1.64. The van der Waals surface area contributed by atoms with Crippen molar-refractivity contribution in [3.8, 4) is 0 Å². The van der Waals surface area contributed by atoms with Crippen LogP contribution in [0.15, 0.2) is 28.9 Å². The first-order valence-electron chi connectivity index (χ1n) is 5.45. The maximum Gasteiger partial charge on any atom is 0.243 e. The first-order chi connectivity index (χ1) is 8.08. The third kappa shape index (κ3) is 3.15. The Morgan fingerprint density at radius 2 is 2.41 bits per heavy atom. The molecule has 0 unspecified atom stereocenters. The Bertz CT molecular complexity index is 518. The van der Waals surface area contributed by atoms with Crippen molar-refractivity contribution in [2.45, 2.75) is 11.3 Å². The minimum absolute atomic E-state index is 0.203. The molecule has 0 amide bonds. The molecule has 2 rings (SSSR count). The third-order valence-corrected chi connectivity index (χ3v) is 3.99. The van der Waals surface area contributed by atoms with Gasteiger partial charge in [0.15, 0.2) is 0 Å². The number of hydrogen-bond donors (Lipinski definition) is 2. The fourth-order valence-corrected chi connectivity index (χ4v) is 2.66. The molecule has 0 bridgehead atoms. The summed E-state index contributed by atoms with van der Waals surface area (Å²) in [7, 11) is -1.74. The van der Waals surface area contributed by atoms with Gasteiger partial charge in [-0.1, -0.05) is 11.6 Å². The monoisotopic (exact) mass is 256 g/mol. The Kier molecular flexibility index (Phi) is 3.60. The number of sulfonamides is 1. The van der Waals surface area contributed by atoms with Crippen molar-refractivity contribution in [1.82, 2.24) is 19.8 Å². The van der Waals surface area contributed by atoms with Gasteiger partial charge < -0.3 is 5.32 Å². The molecule has 7 heteroatoms. The highest BCUT2D eigenvalue weighted by atomic mass is 32.2. The fraction of sp³-hybridized carbons (Fsp3) is 0.500. The second kappa shape index (κ2) is 4.99. The van der Waals surface area contributed by atoms with E-state index in [0.29, 0.717) is 6.54 Å². The van der Waals surface area contributed by atoms with E-state index in [2.05, 4.69) is 15.1 Å². The molecule has 0 fully saturated rings. The molecule has 1 aromatic rings. The van der Waals surface area contributed by atoms with E-state index in [1.807, 2.05) is 6.08 Å². The summed E-state index contributed by atoms with van der Waals surface area (Å²) in [6, 6.07) is 0. The highest BCUT2D eigenvalue weighted by Gasteiger charge is 2.16. The van der Waals surface area contributed by atoms with E-state index in [-0.39, 0.29) is 4.90 Å². The van der Waals surface area contributed by atoms with Crippen LogP contribution in [0.3, 0.4) is 0 Å². The van der Waals surface area contributed by atoms with Crippen molar-refractivity contribution < 1.29 is 8.42 Å². The van der Waals surface area contributed by atoms with Crippen LogP contribution in [0.25, 0.3) is 0 Å². The van der Waals surface area contributed by atoms with Crippen LogP contribution in [-0.2, 0) is 17.1 Å². The maximum atomic E-state index is 11.9. The number of nitrogens with one attached hydrogen (secondary N) is 2. The van der Waals surface area contributed by atoms with Crippen molar-refractivity contribution in [3.63, 3.8) is 0 Å². The smallest absolute Gasteiger partial charge is 0.243 e. The summed E-state index contributed by atoms with van der Waals surface area (Å²) >= 11 is 0. The Balaban J connectivity index is 2.00. The van der Waals surface area contributed by atoms with E-state index in [4.69, 9.17) is 0 Å². The van der Waals surface area contributed by atoms with Gasteiger partial charge in [-0.25, -0.2) is 13.1 Å². The number of aryl methyl sites for hydroxylation is 1. The lowest BCUT2D eigenvalue weighted by Crippen LogP contribution is -2.29. The summed E-state index contributed by atoms with van der Waals surface area (Å²) in [6.07, 6.45) is 5.74. The number of aromatic nitrogens is 2. The Morgan fingerprint density at radius 3 is 3.00 bits per heavy atom. The van der Waals surface area contributed by atoms with Crippen LogP contribution in [0.4, 0.5) is 0 Å². The SMILES string of the molecule is Cn1cc(S(=O)(=O)NCC2=CCNCC2)cn1. The molecule has 0 aromatic carbocycles. The van der Waals surface area contributed by atoms with E-state index < -0.39 is 10.0 Å². The molecule has 0 spiro atoms. The molecule has 1 aromatic heterocycles. The molecule has 0 radical (unpaired) electrons. The van der Waals surface area contributed by atoms with Gasteiger partial charge in [-0.15, -0.1) is 0 Å². The van der Waals surface area contributed by atoms with Crippen molar-refractivity contribution in [2.24, 2.45) is 7.05 Å². The third-order valence-electron chi connectivity index (χ3n) is 2.64. The zero-order chi connectivity index (χ0) is 12.3. The molecule has 1 aliphatic heterocycles. The summed E-state index contributed by atoms with van der Waals surface area (Å²) in [5.74, 6) is 0. The Hall–Kier alpha value is -1.18. The molecule has 0 atom stereocenters. The highest BCUT2D eigenvalue weighted by Crippen LogP contribution is 2.08. The van der Waals surface area contributed by atoms with Crippen molar-refractivity contribution in [2.75, 3.05) is 19.6 Å². The largest absolute Gasteiger partial charge is 0.313 e. The van der Waals surface area contributed by atoms with Crippen LogP contribution in [0.5, 0.6) is 0 Å². The molecule has 2 heterocycles. The number of rotatable bonds is 4. The number of hydrogen-bond acceptors (Lipinski definition) is 4. The van der Waals surface area contributed by atoms with Gasteiger partial charge in [0.1, 0.15) is 4.90 Å². The topological polar surface area (TPSA) is 76.0 Å². The molecular weight excluding hydrogens is 240 g/mol. The van der Waals surface area contributed by atoms with Crippen LogP contribution in [-0.4, -0.2) is 37.8 Å². The summed E-state index contributed by atoms with van der Waals surface area (Å²) in [4.78, 5) is 0.203. The van der Waals surface area contributed by atoms with Crippen LogP contribution in [0.2, 0.25) is 0 Å². The number of nitrogens with zero attached hydrogens (tertiary/aromatic N) is 2. The second-order valence-corrected chi connectivity index (χ2v) is 5.76. The molecule has 6 nitrogen and oxygen atoms in total. The molecule has 0 saturated carbocycles. The van der Waals surface area contributed by atoms with Crippen LogP contribution >= 0.6 is 0 Å². The molecule has 1 aliphatic rings. The van der Waals surface area contributed by atoms with Crippen molar-refractivity contribution >= 4 is 10.0 Å². The normalized spacial score (nSPS) is 16.9. The second-order valence-electron chi connectivity index (χ2n) is 3.99. The average Bonchev–Trinajstić information content (AvgIpc) is 2.76. The zero-order valence-corrected chi connectivity index (χ0v) is 10.5. The maximum absolute atomic E-state index is 11.9. The molecule has 0 saturated heterocycles. The quantitative estimate of drug-likeness (QED) is 0.720. The zero-order valence-electron chi connectivity index (χ0n) is 9.68. The summed E-state index contributed by atoms with van der Waals surface area (Å²) in [6.45, 7) is 2.09. The first-order valence-corrected chi connectivity index (χ1v) is 6.93. The Morgan fingerprint density at radius 1 is 1.59 bits per heavy atom. The standard InChI is InChI=1S/C10H16N4O2S/c1-14-8-10(7-12-14)17(15,16)13-6-9-2-4-11-5-3-9/h2,7-8,11,13H,3-6H2,1H3. The van der Waals surface area contributed by atoms with E-state index >= 15 is 0 Å². The lowest BCUT2D eigenvalue weighted by Gasteiger charge is -2.14. The van der Waals surface area contributed by atoms with Crippen LogP contribution < -0.4 is 10.0 Å².